The van der Waals surface area contributed by atoms with Gasteiger partial charge in [0.15, 0.2) is 0 Å². The Morgan fingerprint density at radius 2 is 0.568 bits per heavy atom. The molecule has 12 atom stereocenters. The van der Waals surface area contributed by atoms with Gasteiger partial charge >= 0.3 is 6.96 Å². The Balaban J connectivity index is 1.31. The minimum absolute atomic E-state index is 0.411. The highest BCUT2D eigenvalue weighted by Crippen LogP contribution is 2.51. The molecule has 12 unspecified atom stereocenters. The third kappa shape index (κ3) is 5.25. The molecule has 2 heterocycles. The van der Waals surface area contributed by atoms with E-state index in [1.165, 1.54) is 0 Å². The highest BCUT2D eigenvalue weighted by Gasteiger charge is 2.61. The molecule has 2 aliphatic heterocycles. The van der Waals surface area contributed by atoms with Crippen molar-refractivity contribution in [2.45, 2.75) is 152 Å². The minimum atomic E-state index is -2.79. The number of hydrogen-bond donors (Lipinski definition) is 0. The average molecular weight is 531 g/mol. The van der Waals surface area contributed by atoms with Crippen molar-refractivity contribution in [3.8, 4) is 0 Å². The van der Waals surface area contributed by atoms with E-state index in [0.29, 0.717) is 51.4 Å². The van der Waals surface area contributed by atoms with Crippen LogP contribution < -0.4 is 0 Å². The van der Waals surface area contributed by atoms with Crippen LogP contribution in [-0.2, 0) is 18.6 Å². The summed E-state index contributed by atoms with van der Waals surface area (Å²) >= 11 is 0. The molecular formula is C28H44BF4O4-. The quantitative estimate of drug-likeness (QED) is 0.286. The lowest BCUT2D eigenvalue weighted by molar-refractivity contribution is -0.0217. The monoisotopic (exact) mass is 531 g/mol. The normalized spacial score (nSPS) is 53.5. The zero-order chi connectivity index (χ0) is 25.6. The summed E-state index contributed by atoms with van der Waals surface area (Å²) in [6.45, 7) is -2.79. The van der Waals surface area contributed by atoms with Crippen molar-refractivity contribution < 1.29 is 36.2 Å². The lowest BCUT2D eigenvalue weighted by Crippen LogP contribution is -2.45. The molecule has 6 rings (SSSR count). The standard InChI is InChI=1S/C28H44BF4O4/c30-21-13-5-1-9-17(21)25-26(18-10-2-6-14-22(18)31)35-29(34-25)36-27(19-11-3-7-15-23(19)32)28(37-29)20-12-4-8-16-24(20)33/h17-28H,1-16H2/q-1. The molecule has 6 fully saturated rings. The molecule has 6 aliphatic rings. The van der Waals surface area contributed by atoms with Crippen LogP contribution in [0.5, 0.6) is 0 Å². The van der Waals surface area contributed by atoms with E-state index < -0.39 is 79.7 Å². The first kappa shape index (κ1) is 26.8. The Morgan fingerprint density at radius 1 is 0.351 bits per heavy atom. The maximum absolute atomic E-state index is 15.2. The van der Waals surface area contributed by atoms with Crippen LogP contribution in [0.15, 0.2) is 0 Å². The maximum atomic E-state index is 15.2. The van der Waals surface area contributed by atoms with Crippen LogP contribution in [0.4, 0.5) is 17.6 Å². The lowest BCUT2D eigenvalue weighted by atomic mass is 9.75. The van der Waals surface area contributed by atoms with Gasteiger partial charge in [-0.3, -0.25) is 0 Å². The first-order valence-electron chi connectivity index (χ1n) is 15.4. The van der Waals surface area contributed by atoms with Gasteiger partial charge in [-0.05, 0) is 51.4 Å². The molecule has 0 radical (unpaired) electrons. The summed E-state index contributed by atoms with van der Waals surface area (Å²) in [6, 6.07) is 0. The van der Waals surface area contributed by atoms with Crippen molar-refractivity contribution in [2.24, 2.45) is 23.7 Å². The van der Waals surface area contributed by atoms with Gasteiger partial charge in [0.05, 0.1) is 0 Å². The average Bonchev–Trinajstić information content (AvgIpc) is 3.45. The number of alkyl halides is 4. The summed E-state index contributed by atoms with van der Waals surface area (Å²) in [5.41, 5.74) is 0. The van der Waals surface area contributed by atoms with Crippen molar-refractivity contribution in [1.29, 1.82) is 0 Å². The summed E-state index contributed by atoms with van der Waals surface area (Å²) in [5, 5.41) is 0. The molecule has 37 heavy (non-hydrogen) atoms. The van der Waals surface area contributed by atoms with E-state index in [1.807, 2.05) is 0 Å². The van der Waals surface area contributed by atoms with Gasteiger partial charge in [0.1, 0.15) is 24.7 Å². The molecule has 4 aliphatic carbocycles. The van der Waals surface area contributed by atoms with Crippen LogP contribution in [-0.4, -0.2) is 56.1 Å². The van der Waals surface area contributed by atoms with E-state index in [-0.39, 0.29) is 0 Å². The van der Waals surface area contributed by atoms with Gasteiger partial charge in [-0.2, -0.15) is 0 Å². The Morgan fingerprint density at radius 3 is 0.784 bits per heavy atom. The molecule has 9 heteroatoms. The molecule has 0 N–H and O–H groups in total. The van der Waals surface area contributed by atoms with Crippen LogP contribution >= 0.6 is 0 Å². The van der Waals surface area contributed by atoms with E-state index in [4.69, 9.17) is 18.6 Å². The molecule has 0 amide bonds. The highest BCUT2D eigenvalue weighted by molar-refractivity contribution is 6.55. The fourth-order valence-corrected chi connectivity index (χ4v) is 8.59. The van der Waals surface area contributed by atoms with Crippen molar-refractivity contribution >= 4 is 6.96 Å². The highest BCUT2D eigenvalue weighted by atomic mass is 19.1. The zero-order valence-electron chi connectivity index (χ0n) is 22.0. The van der Waals surface area contributed by atoms with E-state index in [2.05, 4.69) is 0 Å². The van der Waals surface area contributed by atoms with Crippen molar-refractivity contribution in [3.05, 3.63) is 0 Å². The lowest BCUT2D eigenvalue weighted by Gasteiger charge is -2.40. The molecule has 0 aromatic rings. The molecular weight excluding hydrogens is 487 g/mol. The predicted octanol–water partition coefficient (Wildman–Crippen LogP) is 7.10. The molecule has 2 saturated heterocycles. The first-order valence-corrected chi connectivity index (χ1v) is 15.4. The van der Waals surface area contributed by atoms with Crippen LogP contribution in [0, 0.1) is 23.7 Å². The second-order valence-corrected chi connectivity index (χ2v) is 12.8. The summed E-state index contributed by atoms with van der Waals surface area (Å²) in [6.07, 6.45) is 4.49. The topological polar surface area (TPSA) is 36.9 Å². The second kappa shape index (κ2) is 11.2. The van der Waals surface area contributed by atoms with Gasteiger partial charge in [0.2, 0.25) is 0 Å². The molecule has 4 nitrogen and oxygen atoms in total. The predicted molar refractivity (Wildman–Crippen MR) is 133 cm³/mol. The van der Waals surface area contributed by atoms with Gasteiger partial charge in [0.25, 0.3) is 0 Å². The Bertz CT molecular complexity index is 653. The van der Waals surface area contributed by atoms with Crippen LogP contribution in [0.1, 0.15) is 103 Å². The molecule has 0 aromatic carbocycles. The summed E-state index contributed by atoms with van der Waals surface area (Å²) in [5.74, 6) is -1.64. The van der Waals surface area contributed by atoms with Gasteiger partial charge in [-0.15, -0.1) is 0 Å². The largest absolute Gasteiger partial charge is 0.532 e. The van der Waals surface area contributed by atoms with Crippen molar-refractivity contribution in [3.63, 3.8) is 0 Å². The SMILES string of the molecule is FC1CCCCC1C1O[B-]2(OC1C1CCCCC1F)OC(C1CCCCC1F)C(C1CCCCC1F)O2. The van der Waals surface area contributed by atoms with Crippen molar-refractivity contribution in [2.75, 3.05) is 0 Å². The minimum Gasteiger partial charge on any atom is -0.514 e. The Hall–Kier alpha value is -0.375. The molecule has 4 saturated carbocycles. The maximum Gasteiger partial charge on any atom is 0.532 e. The summed E-state index contributed by atoms with van der Waals surface area (Å²) in [4.78, 5) is 0. The molecule has 1 spiro atoms. The Labute approximate surface area is 218 Å². The van der Waals surface area contributed by atoms with E-state index in [0.717, 1.165) is 51.4 Å². The van der Waals surface area contributed by atoms with Crippen LogP contribution in [0.25, 0.3) is 0 Å². The van der Waals surface area contributed by atoms with Crippen molar-refractivity contribution in [1.82, 2.24) is 0 Å². The number of rotatable bonds is 4. The van der Waals surface area contributed by atoms with Gasteiger partial charge in [0, 0.05) is 48.1 Å². The first-order chi connectivity index (χ1) is 18.0. The summed E-state index contributed by atoms with van der Waals surface area (Å²) in [7, 11) is 0. The van der Waals surface area contributed by atoms with Gasteiger partial charge in [-0.1, -0.05) is 51.4 Å². The second-order valence-electron chi connectivity index (χ2n) is 12.8. The third-order valence-corrected chi connectivity index (χ3v) is 10.6. The number of hydrogen-bond acceptors (Lipinski definition) is 4. The van der Waals surface area contributed by atoms with Crippen LogP contribution in [0.3, 0.4) is 0 Å². The van der Waals surface area contributed by atoms with Gasteiger partial charge < -0.3 is 18.6 Å². The molecule has 0 bridgehead atoms. The summed E-state index contributed by atoms with van der Waals surface area (Å²) < 4.78 is 87.0. The molecule has 0 aromatic heterocycles. The molecule has 212 valence electrons. The van der Waals surface area contributed by atoms with Crippen LogP contribution in [0.2, 0.25) is 0 Å². The van der Waals surface area contributed by atoms with E-state index in [1.54, 1.807) is 0 Å². The fourth-order valence-electron chi connectivity index (χ4n) is 8.59. The Kier molecular flexibility index (Phi) is 8.15. The van der Waals surface area contributed by atoms with Gasteiger partial charge in [-0.25, -0.2) is 17.6 Å². The smallest absolute Gasteiger partial charge is 0.514 e. The van der Waals surface area contributed by atoms with E-state index >= 15 is 17.6 Å². The number of halogens is 4. The third-order valence-electron chi connectivity index (χ3n) is 10.6. The fraction of sp³-hybridized carbons (Fsp3) is 1.00. The zero-order valence-corrected chi connectivity index (χ0v) is 22.0. The van der Waals surface area contributed by atoms with E-state index in [9.17, 15) is 0 Å².